The molecule has 8 nitrogen and oxygen atoms in total. The fourth-order valence-corrected chi connectivity index (χ4v) is 11.3. The number of allylic oxidation sites excluding steroid dienone is 16. The van der Waals surface area contributed by atoms with Gasteiger partial charge in [-0.15, -0.1) is 0 Å². The summed E-state index contributed by atoms with van der Waals surface area (Å²) in [6.45, 7) is 29.3. The SMILES string of the molecule is C=NC(=NC(=NCc1ccc(N2C(CC)=C(/C=C\C)C(C)(C)c3c(C(/C=C\CNC(/C=C\C)=C/C)=C/C(c4ccc(-c5nc(C6=CCCC=C6)nc(-c6ccccc6)n5)cc4)C(C)(C)C)cccc32)cc1)C1=CCCC=C1)c1ccccc1.CC. The van der Waals surface area contributed by atoms with E-state index in [0.717, 1.165) is 82.5 Å². The maximum atomic E-state index is 5.15. The van der Waals surface area contributed by atoms with Gasteiger partial charge in [0, 0.05) is 62.8 Å². The van der Waals surface area contributed by atoms with E-state index < -0.39 is 0 Å². The molecule has 9 rings (SSSR count). The van der Waals surface area contributed by atoms with Gasteiger partial charge in [-0.25, -0.2) is 24.9 Å². The van der Waals surface area contributed by atoms with Crippen LogP contribution in [-0.4, -0.2) is 39.9 Å². The highest BCUT2D eigenvalue weighted by Gasteiger charge is 2.40. The van der Waals surface area contributed by atoms with E-state index in [-0.39, 0.29) is 16.7 Å². The number of aromatic nitrogens is 3. The molecule has 0 saturated carbocycles. The number of hydrogen-bond acceptors (Lipinski definition) is 6. The van der Waals surface area contributed by atoms with E-state index >= 15 is 0 Å². The lowest BCUT2D eigenvalue weighted by molar-refractivity contribution is 0.367. The van der Waals surface area contributed by atoms with Gasteiger partial charge in [0.2, 0.25) is 0 Å². The third-order valence-corrected chi connectivity index (χ3v) is 15.5. The Balaban J connectivity index is 0.00000465. The number of aliphatic imine (C=N–C) groups is 3. The predicted molar refractivity (Wildman–Crippen MR) is 365 cm³/mol. The summed E-state index contributed by atoms with van der Waals surface area (Å²) in [6, 6.07) is 44.9. The number of amidine groups is 2. The number of fused-ring (bicyclic) bond motifs is 1. The van der Waals surface area contributed by atoms with Gasteiger partial charge in [-0.3, -0.25) is 4.99 Å². The molecule has 0 fully saturated rings. The second-order valence-corrected chi connectivity index (χ2v) is 22.7. The molecule has 434 valence electrons. The lowest BCUT2D eigenvalue weighted by atomic mass is 9.69. The Morgan fingerprint density at radius 3 is 1.98 bits per heavy atom. The zero-order valence-electron chi connectivity index (χ0n) is 52.1. The lowest BCUT2D eigenvalue weighted by Gasteiger charge is -2.44. The van der Waals surface area contributed by atoms with E-state index in [1.165, 1.54) is 33.6 Å². The van der Waals surface area contributed by atoms with Crippen LogP contribution in [0.15, 0.2) is 250 Å². The monoisotopic (exact) mass is 1120 g/mol. The standard InChI is InChI=1S/C75H80N8.C2H6/c1-11-29-61(13-3)77-50-28-39-60(51-65(74(5,6)7)54-44-46-59(47-45-54)73-81-71(57-35-23-17-24-36-57)80-72(82-73)58-37-25-18-26-38-58)63-40-27-41-67-68(63)75(8,9)64(30-12-2)66(14-4)83(67)62-48-42-53(43-49-62)52-78-70(56-33-21-16-22-34-56)79-69(76-10)55-31-19-15-20-32-55;1-2/h11-13,15,17,19-21,23-25,27-49,51,65,77H,10,14,16,18,22,26,50,52H2,1-9H3;1-2H3/b29-11-,30-12-,39-28-,60-51+,61-13+,78-70?,79-69?;. The predicted octanol–water partition coefficient (Wildman–Crippen LogP) is 19.8. The number of anilines is 2. The largest absolute Gasteiger partial charge is 0.382 e. The molecule has 1 N–H and O–H groups in total. The van der Waals surface area contributed by atoms with Crippen molar-refractivity contribution in [3.8, 4) is 22.8 Å². The number of nitrogens with one attached hydrogen (secondary N) is 1. The van der Waals surface area contributed by atoms with Crippen LogP contribution < -0.4 is 10.2 Å². The molecule has 1 aromatic heterocycles. The molecule has 2 aliphatic carbocycles. The van der Waals surface area contributed by atoms with Gasteiger partial charge in [-0.2, -0.15) is 0 Å². The molecule has 6 aromatic rings. The van der Waals surface area contributed by atoms with E-state index in [2.05, 4.69) is 248 Å². The van der Waals surface area contributed by atoms with E-state index in [0.29, 0.717) is 42.2 Å². The molecule has 0 amide bonds. The number of nitrogens with zero attached hydrogens (tertiary/aromatic N) is 7. The first-order valence-corrected chi connectivity index (χ1v) is 30.5. The average molecular weight is 1120 g/mol. The Hall–Kier alpha value is -8.88. The number of hydrogen-bond donors (Lipinski definition) is 1. The second-order valence-electron chi connectivity index (χ2n) is 22.7. The van der Waals surface area contributed by atoms with Crippen molar-refractivity contribution in [2.45, 2.75) is 126 Å². The van der Waals surface area contributed by atoms with Gasteiger partial charge in [0.25, 0.3) is 0 Å². The molecule has 8 heteroatoms. The molecule has 0 radical (unpaired) electrons. The van der Waals surface area contributed by atoms with Crippen LogP contribution in [0.25, 0.3) is 33.9 Å². The van der Waals surface area contributed by atoms with Crippen LogP contribution in [-0.2, 0) is 12.0 Å². The van der Waals surface area contributed by atoms with E-state index in [9.17, 15) is 0 Å². The molecule has 0 bridgehead atoms. The minimum atomic E-state index is -0.368. The Bertz CT molecular complexity index is 3660. The lowest BCUT2D eigenvalue weighted by Crippen LogP contribution is -2.35. The molecule has 2 heterocycles. The number of rotatable bonds is 18. The molecule has 1 aliphatic heterocycles. The second kappa shape index (κ2) is 29.6. The van der Waals surface area contributed by atoms with Gasteiger partial charge in [-0.05, 0) is 123 Å². The van der Waals surface area contributed by atoms with Gasteiger partial charge in [0.15, 0.2) is 29.1 Å². The summed E-state index contributed by atoms with van der Waals surface area (Å²) in [6.07, 6.45) is 35.8. The highest BCUT2D eigenvalue weighted by molar-refractivity contribution is 6.13. The van der Waals surface area contributed by atoms with Crippen LogP contribution >= 0.6 is 0 Å². The van der Waals surface area contributed by atoms with E-state index in [1.807, 2.05) is 62.4 Å². The zero-order valence-corrected chi connectivity index (χ0v) is 52.1. The van der Waals surface area contributed by atoms with Crippen molar-refractivity contribution in [3.05, 3.63) is 269 Å². The van der Waals surface area contributed by atoms with E-state index in [1.54, 1.807) is 0 Å². The van der Waals surface area contributed by atoms with Crippen molar-refractivity contribution in [3.63, 3.8) is 0 Å². The van der Waals surface area contributed by atoms with Crippen molar-refractivity contribution >= 4 is 40.9 Å². The molecule has 5 aromatic carbocycles. The Kier molecular flexibility index (Phi) is 21.6. The average Bonchev–Trinajstić information content (AvgIpc) is 3.33. The molecule has 1 unspecified atom stereocenters. The first kappa shape index (κ1) is 62.2. The molecule has 1 atom stereocenters. The van der Waals surface area contributed by atoms with Crippen molar-refractivity contribution in [1.29, 1.82) is 0 Å². The molecule has 85 heavy (non-hydrogen) atoms. The molecule has 0 saturated heterocycles. The number of benzene rings is 5. The van der Waals surface area contributed by atoms with Crippen LogP contribution in [0.4, 0.5) is 11.4 Å². The summed E-state index contributed by atoms with van der Waals surface area (Å²) in [5.74, 6) is 3.24. The van der Waals surface area contributed by atoms with Crippen LogP contribution in [0.2, 0.25) is 0 Å². The molecular formula is C77H86N8. The highest BCUT2D eigenvalue weighted by Crippen LogP contribution is 2.52. The molecule has 3 aliphatic rings. The maximum absolute atomic E-state index is 5.15. The van der Waals surface area contributed by atoms with Crippen molar-refractivity contribution in [2.24, 2.45) is 20.4 Å². The smallest absolute Gasteiger partial charge is 0.164 e. The van der Waals surface area contributed by atoms with Crippen LogP contribution in [0.5, 0.6) is 0 Å². The highest BCUT2D eigenvalue weighted by atomic mass is 15.2. The topological polar surface area (TPSA) is 91.0 Å². The third kappa shape index (κ3) is 15.1. The Morgan fingerprint density at radius 1 is 0.718 bits per heavy atom. The van der Waals surface area contributed by atoms with Crippen LogP contribution in [0.1, 0.15) is 148 Å². The third-order valence-electron chi connectivity index (χ3n) is 15.5. The summed E-state index contributed by atoms with van der Waals surface area (Å²) in [5, 5.41) is 3.64. The van der Waals surface area contributed by atoms with Gasteiger partial charge in [0.1, 0.15) is 0 Å². The summed E-state index contributed by atoms with van der Waals surface area (Å²) in [5.41, 5.74) is 16.1. The summed E-state index contributed by atoms with van der Waals surface area (Å²) in [4.78, 5) is 32.1. The normalized spacial score (nSPS) is 16.1. The molecule has 0 spiro atoms. The summed E-state index contributed by atoms with van der Waals surface area (Å²) >= 11 is 0. The van der Waals surface area contributed by atoms with Crippen LogP contribution in [0.3, 0.4) is 0 Å². The van der Waals surface area contributed by atoms with E-state index in [4.69, 9.17) is 24.9 Å². The fraction of sp³-hybridized carbons (Fsp3) is 0.273. The summed E-state index contributed by atoms with van der Waals surface area (Å²) < 4.78 is 0. The fourth-order valence-electron chi connectivity index (χ4n) is 11.3. The van der Waals surface area contributed by atoms with Gasteiger partial charge < -0.3 is 10.2 Å². The first-order chi connectivity index (χ1) is 41.3. The minimum absolute atomic E-state index is 0.0184. The Labute approximate surface area is 508 Å². The minimum Gasteiger partial charge on any atom is -0.382 e. The molecular weight excluding hydrogens is 1040 g/mol. The first-order valence-electron chi connectivity index (χ1n) is 30.5. The van der Waals surface area contributed by atoms with Crippen molar-refractivity contribution < 1.29 is 0 Å². The summed E-state index contributed by atoms with van der Waals surface area (Å²) in [7, 11) is 0. The van der Waals surface area contributed by atoms with Gasteiger partial charge in [0.05, 0.1) is 12.2 Å². The van der Waals surface area contributed by atoms with Gasteiger partial charge >= 0.3 is 0 Å². The quantitative estimate of drug-likeness (QED) is 0.0526. The van der Waals surface area contributed by atoms with Gasteiger partial charge in [-0.1, -0.05) is 244 Å². The van der Waals surface area contributed by atoms with Crippen LogP contribution in [0, 0.1) is 5.41 Å². The Morgan fingerprint density at radius 2 is 1.38 bits per heavy atom. The van der Waals surface area contributed by atoms with Crippen molar-refractivity contribution in [2.75, 3.05) is 11.4 Å². The van der Waals surface area contributed by atoms with Crippen molar-refractivity contribution in [1.82, 2.24) is 20.3 Å². The zero-order chi connectivity index (χ0) is 60.3. The maximum Gasteiger partial charge on any atom is 0.164 e.